The Morgan fingerprint density at radius 2 is 2.25 bits per heavy atom. The number of hydrogen-bond acceptors (Lipinski definition) is 2. The van der Waals surface area contributed by atoms with Gasteiger partial charge in [0.1, 0.15) is 5.75 Å². The van der Waals surface area contributed by atoms with Crippen LogP contribution < -0.4 is 4.74 Å². The van der Waals surface area contributed by atoms with Crippen LogP contribution in [0, 0.1) is 0 Å². The van der Waals surface area contributed by atoms with Gasteiger partial charge in [0, 0.05) is 12.6 Å². The Balaban J connectivity index is 2.16. The van der Waals surface area contributed by atoms with Gasteiger partial charge in [-0.25, -0.2) is 0 Å². The van der Waals surface area contributed by atoms with Crippen molar-refractivity contribution >= 4 is 5.91 Å². The summed E-state index contributed by atoms with van der Waals surface area (Å²) in [6.07, 6.45) is 9.27. The van der Waals surface area contributed by atoms with E-state index in [9.17, 15) is 4.79 Å². The number of likely N-dealkylation sites (tertiary alicyclic amines) is 1. The molecule has 1 fully saturated rings. The molecule has 0 aliphatic carbocycles. The second-order valence-corrected chi connectivity index (χ2v) is 4.85. The maximum Gasteiger partial charge on any atom is 0.247 e. The van der Waals surface area contributed by atoms with Gasteiger partial charge in [0.25, 0.3) is 0 Å². The Morgan fingerprint density at radius 3 is 3.00 bits per heavy atom. The predicted molar refractivity (Wildman–Crippen MR) is 80.6 cm³/mol. The molecule has 0 radical (unpaired) electrons. The summed E-state index contributed by atoms with van der Waals surface area (Å²) in [7, 11) is 1.66. The monoisotopic (exact) mass is 271 g/mol. The zero-order valence-corrected chi connectivity index (χ0v) is 12.1. The average Bonchev–Trinajstić information content (AvgIpc) is 2.97. The number of nitrogens with zero attached hydrogens (tertiary/aromatic N) is 1. The van der Waals surface area contributed by atoms with E-state index in [0.29, 0.717) is 0 Å². The van der Waals surface area contributed by atoms with Crippen molar-refractivity contribution in [3.8, 4) is 5.75 Å². The molecular formula is C17H21NO2. The fourth-order valence-electron chi connectivity index (χ4n) is 2.57. The number of carbonyl (C=O) groups excluding carboxylic acids is 1. The molecule has 1 amide bonds. The molecule has 3 heteroatoms. The van der Waals surface area contributed by atoms with Gasteiger partial charge in [-0.1, -0.05) is 30.4 Å². The van der Waals surface area contributed by atoms with E-state index in [0.717, 1.165) is 30.7 Å². The SMILES string of the molecule is C/C=C/C=C/C(=O)N1CCCC1c1cccc(OC)c1. The summed E-state index contributed by atoms with van der Waals surface area (Å²) in [4.78, 5) is 14.2. The lowest BCUT2D eigenvalue weighted by Crippen LogP contribution is -2.28. The van der Waals surface area contributed by atoms with E-state index in [1.54, 1.807) is 19.3 Å². The van der Waals surface area contributed by atoms with E-state index in [1.165, 1.54) is 0 Å². The maximum absolute atomic E-state index is 12.2. The quantitative estimate of drug-likeness (QED) is 0.619. The molecule has 1 heterocycles. The van der Waals surface area contributed by atoms with Crippen LogP contribution in [0.5, 0.6) is 5.75 Å². The molecule has 0 bridgehead atoms. The van der Waals surface area contributed by atoms with Gasteiger partial charge < -0.3 is 9.64 Å². The summed E-state index contributed by atoms with van der Waals surface area (Å²) >= 11 is 0. The molecule has 1 aliphatic rings. The van der Waals surface area contributed by atoms with Gasteiger partial charge in [0.2, 0.25) is 5.91 Å². The Morgan fingerprint density at radius 1 is 1.40 bits per heavy atom. The number of amides is 1. The molecule has 0 N–H and O–H groups in total. The number of rotatable bonds is 4. The fourth-order valence-corrected chi connectivity index (χ4v) is 2.57. The molecule has 3 nitrogen and oxygen atoms in total. The standard InChI is InChI=1S/C17H21NO2/c1-3-4-5-11-17(19)18-12-7-10-16(18)14-8-6-9-15(13-14)20-2/h3-6,8-9,11,13,16H,7,10,12H2,1-2H3/b4-3+,11-5+. The third-order valence-corrected chi connectivity index (χ3v) is 3.56. The number of benzene rings is 1. The molecule has 1 saturated heterocycles. The van der Waals surface area contributed by atoms with E-state index >= 15 is 0 Å². The summed E-state index contributed by atoms with van der Waals surface area (Å²) in [5.74, 6) is 0.916. The number of carbonyl (C=O) groups is 1. The topological polar surface area (TPSA) is 29.5 Å². The minimum atomic E-state index is 0.0772. The number of allylic oxidation sites excluding steroid dienone is 3. The smallest absolute Gasteiger partial charge is 0.247 e. The van der Waals surface area contributed by atoms with Crippen LogP contribution in [0.15, 0.2) is 48.6 Å². The van der Waals surface area contributed by atoms with Crippen molar-refractivity contribution in [3.05, 3.63) is 54.1 Å². The normalized spacial score (nSPS) is 19.1. The summed E-state index contributed by atoms with van der Waals surface area (Å²) in [5.41, 5.74) is 1.15. The second-order valence-electron chi connectivity index (χ2n) is 4.85. The molecule has 1 aromatic rings. The number of methoxy groups -OCH3 is 1. The lowest BCUT2D eigenvalue weighted by Gasteiger charge is -2.24. The number of hydrogen-bond donors (Lipinski definition) is 0. The van der Waals surface area contributed by atoms with Gasteiger partial charge in [-0.2, -0.15) is 0 Å². The van der Waals surface area contributed by atoms with Gasteiger partial charge in [-0.05, 0) is 37.5 Å². The maximum atomic E-state index is 12.2. The summed E-state index contributed by atoms with van der Waals surface area (Å²) in [6, 6.07) is 8.15. The summed E-state index contributed by atoms with van der Waals surface area (Å²) in [5, 5.41) is 0. The summed E-state index contributed by atoms with van der Waals surface area (Å²) in [6.45, 7) is 2.75. The van der Waals surface area contributed by atoms with Gasteiger partial charge in [-0.3, -0.25) is 4.79 Å². The Bertz CT molecular complexity index is 519. The van der Waals surface area contributed by atoms with Crippen molar-refractivity contribution in [2.45, 2.75) is 25.8 Å². The molecule has 1 aliphatic heterocycles. The molecule has 2 rings (SSSR count). The van der Waals surface area contributed by atoms with E-state index < -0.39 is 0 Å². The fraction of sp³-hybridized carbons (Fsp3) is 0.353. The van der Waals surface area contributed by atoms with Crippen molar-refractivity contribution in [3.63, 3.8) is 0 Å². The molecule has 0 aromatic heterocycles. The predicted octanol–water partition coefficient (Wildman–Crippen LogP) is 3.49. The third kappa shape index (κ3) is 3.29. The largest absolute Gasteiger partial charge is 0.497 e. The Labute approximate surface area is 120 Å². The molecule has 20 heavy (non-hydrogen) atoms. The van der Waals surface area contributed by atoms with E-state index in [1.807, 2.05) is 42.2 Å². The zero-order valence-electron chi connectivity index (χ0n) is 12.1. The minimum absolute atomic E-state index is 0.0772. The van der Waals surface area contributed by atoms with Crippen LogP contribution in [0.3, 0.4) is 0 Å². The Hall–Kier alpha value is -2.03. The molecule has 1 unspecified atom stereocenters. The van der Waals surface area contributed by atoms with E-state index in [-0.39, 0.29) is 11.9 Å². The van der Waals surface area contributed by atoms with Crippen molar-refractivity contribution in [1.29, 1.82) is 0 Å². The highest BCUT2D eigenvalue weighted by Crippen LogP contribution is 2.33. The first-order chi connectivity index (χ1) is 9.76. The van der Waals surface area contributed by atoms with Gasteiger partial charge in [-0.15, -0.1) is 0 Å². The van der Waals surface area contributed by atoms with Crippen LogP contribution in [0.25, 0.3) is 0 Å². The lowest BCUT2D eigenvalue weighted by atomic mass is 10.0. The van der Waals surface area contributed by atoms with Crippen molar-refractivity contribution in [2.75, 3.05) is 13.7 Å². The van der Waals surface area contributed by atoms with Crippen LogP contribution in [-0.4, -0.2) is 24.5 Å². The lowest BCUT2D eigenvalue weighted by molar-refractivity contribution is -0.126. The highest BCUT2D eigenvalue weighted by atomic mass is 16.5. The van der Waals surface area contributed by atoms with Gasteiger partial charge in [0.05, 0.1) is 13.2 Å². The van der Waals surface area contributed by atoms with Crippen LogP contribution in [0.2, 0.25) is 0 Å². The molecule has 0 saturated carbocycles. The third-order valence-electron chi connectivity index (χ3n) is 3.56. The van der Waals surface area contributed by atoms with Crippen LogP contribution in [-0.2, 0) is 4.79 Å². The second kappa shape index (κ2) is 6.94. The van der Waals surface area contributed by atoms with Crippen LogP contribution in [0.4, 0.5) is 0 Å². The van der Waals surface area contributed by atoms with Crippen molar-refractivity contribution < 1.29 is 9.53 Å². The van der Waals surface area contributed by atoms with Crippen LogP contribution >= 0.6 is 0 Å². The Kier molecular flexibility index (Phi) is 4.99. The molecule has 0 spiro atoms. The first-order valence-corrected chi connectivity index (χ1v) is 7.00. The molecule has 1 aromatic carbocycles. The van der Waals surface area contributed by atoms with Crippen molar-refractivity contribution in [1.82, 2.24) is 4.90 Å². The summed E-state index contributed by atoms with van der Waals surface area (Å²) < 4.78 is 5.26. The molecule has 106 valence electrons. The van der Waals surface area contributed by atoms with Crippen molar-refractivity contribution in [2.24, 2.45) is 0 Å². The van der Waals surface area contributed by atoms with Crippen LogP contribution in [0.1, 0.15) is 31.4 Å². The average molecular weight is 271 g/mol. The molecular weight excluding hydrogens is 250 g/mol. The van der Waals surface area contributed by atoms with Gasteiger partial charge in [0.15, 0.2) is 0 Å². The highest BCUT2D eigenvalue weighted by Gasteiger charge is 2.28. The minimum Gasteiger partial charge on any atom is -0.497 e. The first-order valence-electron chi connectivity index (χ1n) is 7.00. The van der Waals surface area contributed by atoms with E-state index in [4.69, 9.17) is 4.74 Å². The first kappa shape index (κ1) is 14.4. The molecule has 1 atom stereocenters. The van der Waals surface area contributed by atoms with E-state index in [2.05, 4.69) is 6.07 Å². The highest BCUT2D eigenvalue weighted by molar-refractivity contribution is 5.88. The van der Waals surface area contributed by atoms with Gasteiger partial charge >= 0.3 is 0 Å². The number of ether oxygens (including phenoxy) is 1. The zero-order chi connectivity index (χ0) is 14.4.